The predicted molar refractivity (Wildman–Crippen MR) is 83.9 cm³/mol. The van der Waals surface area contributed by atoms with Crippen LogP contribution in [0.5, 0.6) is 0 Å². The first kappa shape index (κ1) is 13.4. The monoisotopic (exact) mass is 334 g/mol. The van der Waals surface area contributed by atoms with Gasteiger partial charge in [0, 0.05) is 4.47 Å². The third-order valence-electron chi connectivity index (χ3n) is 6.09. The fourth-order valence-electron chi connectivity index (χ4n) is 4.63. The fraction of sp³-hybridized carbons (Fsp3) is 0.625. The molecule has 3 aliphatic carbocycles. The second-order valence-electron chi connectivity index (χ2n) is 7.35. The molecular formula is C16H20BBrO2. The molecule has 0 unspecified atom stereocenters. The van der Waals surface area contributed by atoms with E-state index in [1.807, 2.05) is 0 Å². The van der Waals surface area contributed by atoms with Crippen LogP contribution in [0.2, 0.25) is 0 Å². The summed E-state index contributed by atoms with van der Waals surface area (Å²) < 4.78 is 13.8. The van der Waals surface area contributed by atoms with Crippen LogP contribution in [-0.4, -0.2) is 18.8 Å². The smallest absolute Gasteiger partial charge is 0.402 e. The van der Waals surface area contributed by atoms with Gasteiger partial charge in [-0.1, -0.05) is 41.9 Å². The maximum Gasteiger partial charge on any atom is 0.494 e. The number of benzene rings is 1. The Labute approximate surface area is 129 Å². The number of rotatable bonds is 1. The molecule has 2 bridgehead atoms. The largest absolute Gasteiger partial charge is 0.494 e. The Morgan fingerprint density at radius 1 is 1.15 bits per heavy atom. The van der Waals surface area contributed by atoms with Crippen molar-refractivity contribution in [3.05, 3.63) is 28.7 Å². The summed E-state index contributed by atoms with van der Waals surface area (Å²) in [6.45, 7) is 7.05. The molecule has 3 saturated carbocycles. The molecule has 1 heterocycles. The average Bonchev–Trinajstić information content (AvgIpc) is 2.76. The lowest BCUT2D eigenvalue weighted by molar-refractivity contribution is -0.199. The van der Waals surface area contributed by atoms with E-state index in [9.17, 15) is 0 Å². The molecule has 0 amide bonds. The first-order chi connectivity index (χ1) is 9.41. The van der Waals surface area contributed by atoms with Gasteiger partial charge in [0.25, 0.3) is 0 Å². The van der Waals surface area contributed by atoms with E-state index in [-0.39, 0.29) is 18.8 Å². The van der Waals surface area contributed by atoms with Gasteiger partial charge in [-0.05, 0) is 54.6 Å². The second kappa shape index (κ2) is 4.11. The van der Waals surface area contributed by atoms with E-state index in [1.54, 1.807) is 0 Å². The summed E-state index contributed by atoms with van der Waals surface area (Å²) in [7, 11) is -0.201. The van der Waals surface area contributed by atoms with Gasteiger partial charge in [-0.3, -0.25) is 0 Å². The summed E-state index contributed by atoms with van der Waals surface area (Å²) in [5, 5.41) is 0. The third kappa shape index (κ3) is 1.65. The van der Waals surface area contributed by atoms with E-state index in [2.05, 4.69) is 61.0 Å². The van der Waals surface area contributed by atoms with Gasteiger partial charge in [0.1, 0.15) is 0 Å². The maximum atomic E-state index is 6.43. The zero-order chi connectivity index (χ0) is 14.1. The lowest BCUT2D eigenvalue weighted by Gasteiger charge is -2.64. The summed E-state index contributed by atoms with van der Waals surface area (Å²) in [4.78, 5) is 0. The van der Waals surface area contributed by atoms with E-state index < -0.39 is 0 Å². The van der Waals surface area contributed by atoms with Gasteiger partial charge in [-0.25, -0.2) is 0 Å². The molecule has 106 valence electrons. The zero-order valence-corrected chi connectivity index (χ0v) is 13.8. The van der Waals surface area contributed by atoms with Crippen LogP contribution in [0.3, 0.4) is 0 Å². The van der Waals surface area contributed by atoms with E-state index >= 15 is 0 Å². The normalized spacial score (nSPS) is 41.2. The van der Waals surface area contributed by atoms with Crippen LogP contribution in [-0.2, 0) is 9.31 Å². The molecule has 1 aromatic rings. The van der Waals surface area contributed by atoms with Crippen LogP contribution in [0.4, 0.5) is 0 Å². The Hall–Kier alpha value is -0.315. The second-order valence-corrected chi connectivity index (χ2v) is 8.27. The van der Waals surface area contributed by atoms with Gasteiger partial charge >= 0.3 is 7.12 Å². The molecule has 20 heavy (non-hydrogen) atoms. The van der Waals surface area contributed by atoms with Crippen molar-refractivity contribution < 1.29 is 9.31 Å². The van der Waals surface area contributed by atoms with Crippen molar-refractivity contribution in [1.82, 2.24) is 0 Å². The molecule has 1 aromatic carbocycles. The van der Waals surface area contributed by atoms with Gasteiger partial charge in [0.05, 0.1) is 11.7 Å². The highest BCUT2D eigenvalue weighted by molar-refractivity contribution is 9.10. The first-order valence-corrected chi connectivity index (χ1v) is 8.29. The molecule has 2 nitrogen and oxygen atoms in total. The Balaban J connectivity index is 1.62. The summed E-state index contributed by atoms with van der Waals surface area (Å²) in [6.07, 6.45) is 2.71. The van der Waals surface area contributed by atoms with Crippen molar-refractivity contribution in [2.75, 3.05) is 0 Å². The number of hydrogen-bond acceptors (Lipinski definition) is 2. The third-order valence-corrected chi connectivity index (χ3v) is 6.62. The highest BCUT2D eigenvalue weighted by Crippen LogP contribution is 2.65. The number of hydrogen-bond donors (Lipinski definition) is 0. The van der Waals surface area contributed by atoms with Crippen molar-refractivity contribution in [3.63, 3.8) is 0 Å². The van der Waals surface area contributed by atoms with E-state index in [0.717, 1.165) is 22.3 Å². The van der Waals surface area contributed by atoms with E-state index in [1.165, 1.54) is 6.42 Å². The minimum absolute atomic E-state index is 0.115. The Morgan fingerprint density at radius 2 is 1.85 bits per heavy atom. The molecule has 4 fully saturated rings. The summed E-state index contributed by atoms with van der Waals surface area (Å²) in [5.41, 5.74) is 1.41. The average molecular weight is 335 g/mol. The van der Waals surface area contributed by atoms with E-state index in [4.69, 9.17) is 9.31 Å². The molecular weight excluding hydrogens is 315 g/mol. The topological polar surface area (TPSA) is 18.5 Å². The molecule has 0 aromatic heterocycles. The molecule has 5 rings (SSSR count). The quantitative estimate of drug-likeness (QED) is 0.733. The maximum absolute atomic E-state index is 6.43. The Morgan fingerprint density at radius 3 is 2.50 bits per heavy atom. The summed E-state index contributed by atoms with van der Waals surface area (Å²) >= 11 is 3.48. The molecule has 0 spiro atoms. The van der Waals surface area contributed by atoms with Crippen molar-refractivity contribution in [2.24, 2.45) is 17.3 Å². The Bertz CT molecular complexity index is 544. The van der Waals surface area contributed by atoms with Gasteiger partial charge in [0.2, 0.25) is 0 Å². The summed E-state index contributed by atoms with van der Waals surface area (Å²) in [5.74, 6) is 1.43. The van der Waals surface area contributed by atoms with E-state index in [0.29, 0.717) is 11.3 Å². The van der Waals surface area contributed by atoms with Crippen LogP contribution in [0.25, 0.3) is 0 Å². The van der Waals surface area contributed by atoms with Crippen LogP contribution < -0.4 is 5.46 Å². The van der Waals surface area contributed by atoms with Gasteiger partial charge in [-0.2, -0.15) is 0 Å². The van der Waals surface area contributed by atoms with Gasteiger partial charge in [-0.15, -0.1) is 0 Å². The standard InChI is InChI=1S/C16H20BBrO2/c1-15(2)10-8-13(15)16(3)14(9-10)19-17(20-16)11-4-6-12(18)7-5-11/h4-7,10,13-14H,8-9H2,1-3H3/t10-,13-,14+,16-/m0/s1. The van der Waals surface area contributed by atoms with Gasteiger partial charge < -0.3 is 9.31 Å². The lowest BCUT2D eigenvalue weighted by Crippen LogP contribution is -2.65. The van der Waals surface area contributed by atoms with Crippen molar-refractivity contribution >= 4 is 28.5 Å². The molecule has 0 radical (unpaired) electrons. The molecule has 1 aliphatic heterocycles. The fourth-order valence-corrected chi connectivity index (χ4v) is 4.89. The van der Waals surface area contributed by atoms with Gasteiger partial charge in [0.15, 0.2) is 0 Å². The molecule has 0 N–H and O–H groups in total. The lowest BCUT2D eigenvalue weighted by atomic mass is 9.43. The van der Waals surface area contributed by atoms with Crippen LogP contribution in [0.1, 0.15) is 33.6 Å². The van der Waals surface area contributed by atoms with Crippen LogP contribution in [0.15, 0.2) is 28.7 Å². The molecule has 4 heteroatoms. The highest BCUT2D eigenvalue weighted by Gasteiger charge is 2.67. The Kier molecular flexibility index (Phi) is 2.75. The molecule has 4 aliphatic rings. The summed E-state index contributed by atoms with van der Waals surface area (Å²) in [6, 6.07) is 8.28. The predicted octanol–water partition coefficient (Wildman–Crippen LogP) is 3.38. The van der Waals surface area contributed by atoms with Crippen LogP contribution >= 0.6 is 15.9 Å². The number of halogens is 1. The SMILES string of the molecule is CC1(C)[C@@H]2C[C@H]3OB(c4ccc(Br)cc4)O[C@@]3(C)[C@H]1C2. The van der Waals surface area contributed by atoms with Crippen molar-refractivity contribution in [2.45, 2.75) is 45.3 Å². The minimum atomic E-state index is -0.201. The van der Waals surface area contributed by atoms with Crippen LogP contribution in [0, 0.1) is 17.3 Å². The van der Waals surface area contributed by atoms with Crippen molar-refractivity contribution in [1.29, 1.82) is 0 Å². The zero-order valence-electron chi connectivity index (χ0n) is 12.2. The molecule has 1 saturated heterocycles. The minimum Gasteiger partial charge on any atom is -0.402 e. The molecule has 4 atom stereocenters. The first-order valence-electron chi connectivity index (χ1n) is 7.50. The van der Waals surface area contributed by atoms with Crippen molar-refractivity contribution in [3.8, 4) is 0 Å². The highest BCUT2D eigenvalue weighted by atomic mass is 79.9.